The van der Waals surface area contributed by atoms with Crippen molar-refractivity contribution in [3.05, 3.63) is 24.3 Å². The van der Waals surface area contributed by atoms with Gasteiger partial charge >= 0.3 is 5.97 Å². The molecule has 3 nitrogen and oxygen atoms in total. The van der Waals surface area contributed by atoms with Crippen LogP contribution in [0.15, 0.2) is 24.3 Å². The highest BCUT2D eigenvalue weighted by molar-refractivity contribution is 5.75. The fraction of sp³-hybridized carbons (Fsp3) is 0.375. The van der Waals surface area contributed by atoms with Crippen LogP contribution in [-0.2, 0) is 4.79 Å². The Balaban J connectivity index is 2.92. The number of aliphatic carboxylic acids is 1. The molecule has 0 spiro atoms. The maximum absolute atomic E-state index is 12.4. The predicted molar refractivity (Wildman–Crippen MR) is 42.3 cm³/mol. The zero-order chi connectivity index (χ0) is 9.19. The molecule has 0 radical (unpaired) electrons. The van der Waals surface area contributed by atoms with Crippen LogP contribution in [-0.4, -0.2) is 23.3 Å². The number of carboxylic acid groups (broad SMARTS) is 1. The number of carbonyl (C=O) groups is 1. The summed E-state index contributed by atoms with van der Waals surface area (Å²) in [6.45, 7) is -0.870. The van der Waals surface area contributed by atoms with Gasteiger partial charge in [-0.3, -0.25) is 4.79 Å². The number of carboxylic acids is 1. The van der Waals surface area contributed by atoms with Crippen LogP contribution >= 0.6 is 0 Å². The first kappa shape index (κ1) is 8.93. The van der Waals surface area contributed by atoms with Crippen LogP contribution in [0.25, 0.3) is 0 Å². The van der Waals surface area contributed by atoms with Crippen molar-refractivity contribution in [2.45, 2.75) is 5.54 Å². The van der Waals surface area contributed by atoms with Gasteiger partial charge in [-0.15, -0.1) is 0 Å². The van der Waals surface area contributed by atoms with Gasteiger partial charge in [0.2, 0.25) is 0 Å². The van der Waals surface area contributed by atoms with Gasteiger partial charge in [-0.05, 0) is 0 Å². The quantitative estimate of drug-likeness (QED) is 0.635. The molecule has 1 aliphatic rings. The van der Waals surface area contributed by atoms with E-state index >= 15 is 0 Å². The van der Waals surface area contributed by atoms with Gasteiger partial charge in [-0.25, -0.2) is 4.39 Å². The van der Waals surface area contributed by atoms with Gasteiger partial charge in [-0.1, -0.05) is 24.3 Å². The molecule has 0 aliphatic heterocycles. The van der Waals surface area contributed by atoms with E-state index in [4.69, 9.17) is 10.8 Å². The lowest BCUT2D eigenvalue weighted by atomic mass is 9.82. The maximum Gasteiger partial charge on any atom is 0.312 e. The van der Waals surface area contributed by atoms with E-state index in [1.165, 1.54) is 12.2 Å². The van der Waals surface area contributed by atoms with Crippen molar-refractivity contribution >= 4 is 5.97 Å². The Kier molecular flexibility index (Phi) is 2.28. The molecular weight excluding hydrogens is 161 g/mol. The summed E-state index contributed by atoms with van der Waals surface area (Å²) in [4.78, 5) is 10.6. The van der Waals surface area contributed by atoms with Crippen LogP contribution in [0.3, 0.4) is 0 Å². The van der Waals surface area contributed by atoms with E-state index in [-0.39, 0.29) is 0 Å². The minimum absolute atomic E-state index is 0.870. The van der Waals surface area contributed by atoms with Crippen LogP contribution in [0, 0.1) is 5.92 Å². The van der Waals surface area contributed by atoms with E-state index in [0.717, 1.165) is 0 Å². The SMILES string of the molecule is NC1(CF)C=CC=CC1C(=O)O. The summed E-state index contributed by atoms with van der Waals surface area (Å²) in [6, 6.07) is 0. The summed E-state index contributed by atoms with van der Waals surface area (Å²) in [7, 11) is 0. The number of rotatable bonds is 2. The molecule has 0 fully saturated rings. The highest BCUT2D eigenvalue weighted by atomic mass is 19.1. The van der Waals surface area contributed by atoms with Gasteiger partial charge in [-0.2, -0.15) is 0 Å². The van der Waals surface area contributed by atoms with Crippen LogP contribution < -0.4 is 5.73 Å². The van der Waals surface area contributed by atoms with Gasteiger partial charge in [0.15, 0.2) is 0 Å². The van der Waals surface area contributed by atoms with Crippen molar-refractivity contribution in [1.82, 2.24) is 0 Å². The third kappa shape index (κ3) is 1.38. The van der Waals surface area contributed by atoms with Crippen molar-refractivity contribution in [3.8, 4) is 0 Å². The summed E-state index contributed by atoms with van der Waals surface area (Å²) in [5, 5.41) is 8.67. The molecule has 2 atom stereocenters. The number of hydrogen-bond donors (Lipinski definition) is 2. The third-order valence-electron chi connectivity index (χ3n) is 1.90. The molecule has 0 aromatic heterocycles. The minimum atomic E-state index is -1.37. The highest BCUT2D eigenvalue weighted by Gasteiger charge is 2.37. The number of hydrogen-bond acceptors (Lipinski definition) is 2. The van der Waals surface area contributed by atoms with Crippen molar-refractivity contribution in [2.75, 3.05) is 6.67 Å². The summed E-state index contributed by atoms with van der Waals surface area (Å²) in [5.74, 6) is -2.07. The van der Waals surface area contributed by atoms with Crippen LogP contribution in [0.4, 0.5) is 4.39 Å². The second-order valence-corrected chi connectivity index (χ2v) is 2.81. The van der Waals surface area contributed by atoms with Gasteiger partial charge in [0.1, 0.15) is 6.67 Å². The fourth-order valence-corrected chi connectivity index (χ4v) is 1.13. The van der Waals surface area contributed by atoms with E-state index < -0.39 is 24.1 Å². The van der Waals surface area contributed by atoms with Crippen LogP contribution in [0.1, 0.15) is 0 Å². The number of halogens is 1. The maximum atomic E-state index is 12.4. The first-order valence-electron chi connectivity index (χ1n) is 3.54. The molecule has 4 heteroatoms. The van der Waals surface area contributed by atoms with Gasteiger partial charge < -0.3 is 10.8 Å². The molecule has 1 rings (SSSR count). The first-order chi connectivity index (χ1) is 5.60. The summed E-state index contributed by atoms with van der Waals surface area (Å²) in [5.41, 5.74) is 4.14. The van der Waals surface area contributed by atoms with E-state index in [9.17, 15) is 9.18 Å². The molecule has 0 heterocycles. The average molecular weight is 171 g/mol. The molecule has 0 saturated heterocycles. The van der Waals surface area contributed by atoms with Crippen LogP contribution in [0.2, 0.25) is 0 Å². The Labute approximate surface area is 69.4 Å². The Morgan fingerprint density at radius 3 is 2.75 bits per heavy atom. The molecule has 2 unspecified atom stereocenters. The van der Waals surface area contributed by atoms with Gasteiger partial charge in [0, 0.05) is 0 Å². The lowest BCUT2D eigenvalue weighted by Crippen LogP contribution is -2.50. The Hall–Kier alpha value is -1.16. The molecular formula is C8H10FNO2. The lowest BCUT2D eigenvalue weighted by molar-refractivity contribution is -0.141. The number of nitrogens with two attached hydrogens (primary N) is 1. The first-order valence-corrected chi connectivity index (χ1v) is 3.54. The summed E-state index contributed by atoms with van der Waals surface area (Å²) < 4.78 is 12.4. The molecule has 0 saturated carbocycles. The molecule has 0 bridgehead atoms. The Bertz CT molecular complexity index is 249. The van der Waals surface area contributed by atoms with E-state index in [0.29, 0.717) is 0 Å². The second-order valence-electron chi connectivity index (χ2n) is 2.81. The van der Waals surface area contributed by atoms with E-state index in [2.05, 4.69) is 0 Å². The van der Waals surface area contributed by atoms with Crippen molar-refractivity contribution in [2.24, 2.45) is 11.7 Å². The normalized spacial score (nSPS) is 33.7. The minimum Gasteiger partial charge on any atom is -0.481 e. The van der Waals surface area contributed by atoms with Crippen molar-refractivity contribution < 1.29 is 14.3 Å². The largest absolute Gasteiger partial charge is 0.481 e. The number of alkyl halides is 1. The van der Waals surface area contributed by atoms with Crippen LogP contribution in [0.5, 0.6) is 0 Å². The monoisotopic (exact) mass is 171 g/mol. The molecule has 0 aromatic rings. The summed E-state index contributed by atoms with van der Waals surface area (Å²) in [6.07, 6.45) is 5.88. The second kappa shape index (κ2) is 3.06. The van der Waals surface area contributed by atoms with Crippen molar-refractivity contribution in [1.29, 1.82) is 0 Å². The van der Waals surface area contributed by atoms with Crippen molar-refractivity contribution in [3.63, 3.8) is 0 Å². The highest BCUT2D eigenvalue weighted by Crippen LogP contribution is 2.22. The molecule has 1 aliphatic carbocycles. The molecule has 12 heavy (non-hydrogen) atoms. The molecule has 3 N–H and O–H groups in total. The van der Waals surface area contributed by atoms with Gasteiger partial charge in [0.05, 0.1) is 11.5 Å². The molecule has 66 valence electrons. The standard InChI is InChI=1S/C8H10FNO2/c9-5-8(10)4-2-1-3-6(8)7(11)12/h1-4,6H,5,10H2,(H,11,12). The number of allylic oxidation sites excluding steroid dienone is 2. The smallest absolute Gasteiger partial charge is 0.312 e. The topological polar surface area (TPSA) is 63.3 Å². The van der Waals surface area contributed by atoms with Gasteiger partial charge in [0.25, 0.3) is 0 Å². The average Bonchev–Trinajstić information content (AvgIpc) is 2.05. The van der Waals surface area contributed by atoms with E-state index in [1.54, 1.807) is 12.2 Å². The summed E-state index contributed by atoms with van der Waals surface area (Å²) >= 11 is 0. The molecule has 0 aromatic carbocycles. The van der Waals surface area contributed by atoms with E-state index in [1.807, 2.05) is 0 Å². The predicted octanol–water partition coefficient (Wildman–Crippen LogP) is 0.480. The molecule has 0 amide bonds. The Morgan fingerprint density at radius 1 is 1.67 bits per heavy atom. The fourth-order valence-electron chi connectivity index (χ4n) is 1.13. The third-order valence-corrected chi connectivity index (χ3v) is 1.90. The zero-order valence-corrected chi connectivity index (χ0v) is 6.40. The Morgan fingerprint density at radius 2 is 2.33 bits per heavy atom. The zero-order valence-electron chi connectivity index (χ0n) is 6.40. The lowest BCUT2D eigenvalue weighted by Gasteiger charge is -2.28.